The molecule has 0 spiro atoms. The van der Waals surface area contributed by atoms with E-state index in [1.54, 1.807) is 6.08 Å². The first-order valence-electron chi connectivity index (χ1n) is 3.39. The van der Waals surface area contributed by atoms with E-state index in [1.807, 2.05) is 19.4 Å². The predicted octanol–water partition coefficient (Wildman–Crippen LogP) is 3.06. The summed E-state index contributed by atoms with van der Waals surface area (Å²) < 4.78 is 0. The molecule has 0 aromatic rings. The summed E-state index contributed by atoms with van der Waals surface area (Å²) in [5, 5.41) is 0. The van der Waals surface area contributed by atoms with E-state index in [-0.39, 0.29) is 37.5 Å². The normalized spacial score (nSPS) is 23.1. The van der Waals surface area contributed by atoms with Gasteiger partial charge in [0.05, 0.1) is 0 Å². The van der Waals surface area contributed by atoms with Gasteiger partial charge < -0.3 is 14.9 Å². The molecule has 1 nitrogen and oxygen atoms in total. The zero-order chi connectivity index (χ0) is 7.61. The van der Waals surface area contributed by atoms with Crippen LogP contribution in [0.25, 0.3) is 0 Å². The molecule has 0 N–H and O–H groups in total. The molecule has 75 valence electrons. The summed E-state index contributed by atoms with van der Waals surface area (Å²) in [5.41, 5.74) is 0.965. The van der Waals surface area contributed by atoms with Crippen LogP contribution in [0.3, 0.4) is 0 Å². The summed E-state index contributed by atoms with van der Waals surface area (Å²) in [6.45, 7) is 7.69. The van der Waals surface area contributed by atoms with Gasteiger partial charge in [-0.3, -0.25) is 4.99 Å². The number of nitrogens with zero attached hydrogens (tertiary/aromatic N) is 1. The van der Waals surface area contributed by atoms with E-state index >= 15 is 0 Å². The molecule has 0 amide bonds. The Morgan fingerprint density at radius 2 is 2.08 bits per heavy atom. The number of hydrogen-bond acceptors (Lipinski definition) is 1. The largest absolute Gasteiger partial charge is 3.00 e. The van der Waals surface area contributed by atoms with Gasteiger partial charge in [-0.2, -0.15) is 0 Å². The summed E-state index contributed by atoms with van der Waals surface area (Å²) in [7, 11) is 0. The molecule has 0 aromatic carbocycles. The molecule has 1 radical (unpaired) electrons. The topological polar surface area (TPSA) is 12.4 Å². The Hall–Kier alpha value is -0.461. The third kappa shape index (κ3) is 4.97. The van der Waals surface area contributed by atoms with Crippen LogP contribution in [-0.2, 0) is 17.1 Å². The molecule has 13 heavy (non-hydrogen) atoms. The molecular formula is C11H18FeN. The number of hydrogen-bond donors (Lipinski definition) is 0. The van der Waals surface area contributed by atoms with Crippen molar-refractivity contribution >= 4 is 5.71 Å². The van der Waals surface area contributed by atoms with Crippen molar-refractivity contribution in [1.29, 1.82) is 0 Å². The molecule has 0 aromatic heterocycles. The molecule has 0 fully saturated rings. The van der Waals surface area contributed by atoms with E-state index in [0.717, 1.165) is 5.71 Å². The summed E-state index contributed by atoms with van der Waals surface area (Å²) in [6, 6.07) is 0. The molecule has 1 aliphatic heterocycles. The van der Waals surface area contributed by atoms with Crippen LogP contribution >= 0.6 is 0 Å². The molecule has 0 aliphatic carbocycles. The van der Waals surface area contributed by atoms with Crippen molar-refractivity contribution in [3.63, 3.8) is 0 Å². The van der Waals surface area contributed by atoms with Crippen molar-refractivity contribution in [1.82, 2.24) is 0 Å². The first kappa shape index (κ1) is 18.3. The quantitative estimate of drug-likeness (QED) is 0.501. The van der Waals surface area contributed by atoms with Gasteiger partial charge in [0.25, 0.3) is 0 Å². The first-order valence-corrected chi connectivity index (χ1v) is 3.39. The van der Waals surface area contributed by atoms with Crippen molar-refractivity contribution in [3.05, 3.63) is 46.1 Å². The Bertz CT molecular complexity index is 206. The minimum absolute atomic E-state index is 0. The standard InChI is InChI=1S/C9H12N.2CH3.Fe/c1-4-6-9(3)7-5-8(2)10-9;;;/h4-7H,1H2,2-3H3;2*1H3;/q3*-1;+3. The molecule has 1 heterocycles. The van der Waals surface area contributed by atoms with E-state index in [4.69, 9.17) is 0 Å². The molecule has 0 bridgehead atoms. The predicted molar refractivity (Wildman–Crippen MR) is 58.0 cm³/mol. The second kappa shape index (κ2) is 6.99. The Labute approximate surface area is 93.5 Å². The summed E-state index contributed by atoms with van der Waals surface area (Å²) in [4.78, 5) is 4.39. The van der Waals surface area contributed by atoms with Crippen molar-refractivity contribution in [3.8, 4) is 0 Å². The van der Waals surface area contributed by atoms with Crippen LogP contribution < -0.4 is 0 Å². The molecule has 1 rings (SSSR count). The van der Waals surface area contributed by atoms with E-state index in [9.17, 15) is 0 Å². The number of allylic oxidation sites excluding steroid dienone is 1. The van der Waals surface area contributed by atoms with E-state index in [1.165, 1.54) is 0 Å². The van der Waals surface area contributed by atoms with Gasteiger partial charge in [0.2, 0.25) is 0 Å². The summed E-state index contributed by atoms with van der Waals surface area (Å²) in [6.07, 6.45) is 7.87. The van der Waals surface area contributed by atoms with Crippen LogP contribution in [0.1, 0.15) is 13.8 Å². The Kier molecular flexibility index (Phi) is 9.87. The van der Waals surface area contributed by atoms with Crippen LogP contribution in [0.5, 0.6) is 0 Å². The maximum atomic E-state index is 4.39. The zero-order valence-corrected chi connectivity index (χ0v) is 9.92. The van der Waals surface area contributed by atoms with Gasteiger partial charge in [-0.15, -0.1) is 0 Å². The van der Waals surface area contributed by atoms with Gasteiger partial charge in [0.15, 0.2) is 0 Å². The molecule has 1 unspecified atom stereocenters. The second-order valence-electron chi connectivity index (χ2n) is 2.71. The minimum Gasteiger partial charge on any atom is -0.358 e. The molecule has 1 atom stereocenters. The zero-order valence-electron chi connectivity index (χ0n) is 8.82. The van der Waals surface area contributed by atoms with Crippen molar-refractivity contribution in [2.24, 2.45) is 4.99 Å². The SMILES string of the molecule is C=C[CH-]C1(C)C=CC(C)=N1.[CH3-].[CH3-].[Fe+3]. The van der Waals surface area contributed by atoms with Crippen molar-refractivity contribution < 1.29 is 17.1 Å². The smallest absolute Gasteiger partial charge is 0.358 e. The third-order valence-corrected chi connectivity index (χ3v) is 1.53. The summed E-state index contributed by atoms with van der Waals surface area (Å²) >= 11 is 0. The van der Waals surface area contributed by atoms with Gasteiger partial charge in [-0.25, -0.2) is 19.1 Å². The number of aliphatic imine (C=N–C) groups is 1. The molecule has 2 heteroatoms. The fourth-order valence-corrected chi connectivity index (χ4v) is 1.08. The van der Waals surface area contributed by atoms with Crippen LogP contribution in [0.4, 0.5) is 0 Å². The fraction of sp³-hybridized carbons (Fsp3) is 0.273. The van der Waals surface area contributed by atoms with Crippen molar-refractivity contribution in [2.75, 3.05) is 0 Å². The van der Waals surface area contributed by atoms with E-state index in [0.29, 0.717) is 0 Å². The van der Waals surface area contributed by atoms with Crippen LogP contribution in [0.2, 0.25) is 0 Å². The maximum absolute atomic E-state index is 4.39. The first-order chi connectivity index (χ1) is 4.66. The molecular weight excluding hydrogens is 202 g/mol. The minimum atomic E-state index is -0.119. The van der Waals surface area contributed by atoms with Gasteiger partial charge in [0.1, 0.15) is 0 Å². The molecule has 0 saturated heterocycles. The molecule has 1 aliphatic rings. The van der Waals surface area contributed by atoms with E-state index < -0.39 is 0 Å². The maximum Gasteiger partial charge on any atom is 3.00 e. The monoisotopic (exact) mass is 220 g/mol. The average Bonchev–Trinajstić information content (AvgIpc) is 2.12. The Morgan fingerprint density at radius 1 is 1.54 bits per heavy atom. The molecule has 0 saturated carbocycles. The van der Waals surface area contributed by atoms with Gasteiger partial charge in [-0.05, 0) is 19.9 Å². The van der Waals surface area contributed by atoms with Crippen LogP contribution in [0.15, 0.2) is 29.8 Å². The Balaban J connectivity index is -0.000000333. The van der Waals surface area contributed by atoms with Gasteiger partial charge in [-0.1, -0.05) is 6.08 Å². The van der Waals surface area contributed by atoms with Crippen LogP contribution in [-0.4, -0.2) is 11.3 Å². The van der Waals surface area contributed by atoms with Crippen molar-refractivity contribution in [2.45, 2.75) is 19.4 Å². The fourth-order valence-electron chi connectivity index (χ4n) is 1.08. The second-order valence-corrected chi connectivity index (χ2v) is 2.71. The van der Waals surface area contributed by atoms with Gasteiger partial charge >= 0.3 is 17.1 Å². The Morgan fingerprint density at radius 3 is 2.38 bits per heavy atom. The van der Waals surface area contributed by atoms with Gasteiger partial charge in [0, 0.05) is 11.3 Å². The average molecular weight is 220 g/mol. The summed E-state index contributed by atoms with van der Waals surface area (Å²) in [5.74, 6) is 0. The third-order valence-electron chi connectivity index (χ3n) is 1.53. The van der Waals surface area contributed by atoms with Crippen LogP contribution in [0, 0.1) is 21.3 Å². The number of rotatable bonds is 2. The van der Waals surface area contributed by atoms with E-state index in [2.05, 4.69) is 24.6 Å².